The summed E-state index contributed by atoms with van der Waals surface area (Å²) in [7, 11) is 0. The molecule has 0 bridgehead atoms. The second kappa shape index (κ2) is 9.29. The summed E-state index contributed by atoms with van der Waals surface area (Å²) < 4.78 is 0. The van der Waals surface area contributed by atoms with Gasteiger partial charge in [0.1, 0.15) is 0 Å². The van der Waals surface area contributed by atoms with E-state index < -0.39 is 0 Å². The predicted molar refractivity (Wildman–Crippen MR) is 119 cm³/mol. The first kappa shape index (κ1) is 21.0. The van der Waals surface area contributed by atoms with Crippen molar-refractivity contribution in [3.8, 4) is 0 Å². The maximum Gasteiger partial charge on any atom is 0.222 e. The number of aliphatic hydroxyl groups is 1. The van der Waals surface area contributed by atoms with E-state index in [9.17, 15) is 9.90 Å². The number of carbonyl (C=O) groups excluding carboxylic acids is 1. The Bertz CT molecular complexity index is 829. The number of amides is 1. The van der Waals surface area contributed by atoms with Crippen molar-refractivity contribution in [3.05, 3.63) is 71.8 Å². The average molecular weight is 408 g/mol. The van der Waals surface area contributed by atoms with Crippen LogP contribution in [-0.4, -0.2) is 76.6 Å². The fourth-order valence-electron chi connectivity index (χ4n) is 5.04. The highest BCUT2D eigenvalue weighted by atomic mass is 16.3. The van der Waals surface area contributed by atoms with E-state index in [1.165, 1.54) is 11.1 Å². The number of fused-ring (bicyclic) bond motifs is 1. The minimum atomic E-state index is -0.267. The van der Waals surface area contributed by atoms with Crippen molar-refractivity contribution < 1.29 is 9.90 Å². The minimum Gasteiger partial charge on any atom is -0.394 e. The monoisotopic (exact) mass is 407 g/mol. The van der Waals surface area contributed by atoms with E-state index >= 15 is 0 Å². The lowest BCUT2D eigenvalue weighted by molar-refractivity contribution is -0.141. The van der Waals surface area contributed by atoms with Gasteiger partial charge in [-0.25, -0.2) is 0 Å². The van der Waals surface area contributed by atoms with Crippen LogP contribution < -0.4 is 0 Å². The van der Waals surface area contributed by atoms with Crippen LogP contribution in [0, 0.1) is 0 Å². The molecule has 0 saturated carbocycles. The van der Waals surface area contributed by atoms with Crippen molar-refractivity contribution in [1.29, 1.82) is 0 Å². The van der Waals surface area contributed by atoms with Crippen LogP contribution in [0.25, 0.3) is 0 Å². The van der Waals surface area contributed by atoms with E-state index in [4.69, 9.17) is 0 Å². The minimum absolute atomic E-state index is 0.136. The molecule has 2 atom stereocenters. The third-order valence-electron chi connectivity index (χ3n) is 6.62. The molecule has 1 N–H and O–H groups in total. The molecule has 2 saturated heterocycles. The summed E-state index contributed by atoms with van der Waals surface area (Å²) in [6, 6.07) is 21.0. The third kappa shape index (κ3) is 4.75. The molecule has 2 aromatic rings. The summed E-state index contributed by atoms with van der Waals surface area (Å²) in [4.78, 5) is 19.8. The Hall–Kier alpha value is -2.21. The molecular weight excluding hydrogens is 374 g/mol. The highest BCUT2D eigenvalue weighted by Crippen LogP contribution is 2.29. The predicted octanol–water partition coefficient (Wildman–Crippen LogP) is 2.40. The Morgan fingerprint density at radius 3 is 2.33 bits per heavy atom. The van der Waals surface area contributed by atoms with Crippen LogP contribution in [0.15, 0.2) is 60.7 Å². The Morgan fingerprint density at radius 1 is 1.00 bits per heavy atom. The summed E-state index contributed by atoms with van der Waals surface area (Å²) >= 11 is 0. The lowest BCUT2D eigenvalue weighted by Crippen LogP contribution is -2.72. The molecule has 5 nitrogen and oxygen atoms in total. The van der Waals surface area contributed by atoms with Gasteiger partial charge in [0, 0.05) is 51.7 Å². The summed E-state index contributed by atoms with van der Waals surface area (Å²) in [6.45, 7) is 7.26. The average Bonchev–Trinajstić information content (AvgIpc) is 2.78. The molecule has 0 aromatic heterocycles. The summed E-state index contributed by atoms with van der Waals surface area (Å²) in [5, 5.41) is 10.2. The van der Waals surface area contributed by atoms with E-state index in [-0.39, 0.29) is 24.1 Å². The Balaban J connectivity index is 1.40. The van der Waals surface area contributed by atoms with Crippen LogP contribution in [0.3, 0.4) is 0 Å². The Morgan fingerprint density at radius 2 is 1.67 bits per heavy atom. The fraction of sp³-hybridized carbons (Fsp3) is 0.480. The van der Waals surface area contributed by atoms with Crippen molar-refractivity contribution in [1.82, 2.24) is 14.7 Å². The van der Waals surface area contributed by atoms with Gasteiger partial charge in [0.15, 0.2) is 0 Å². The summed E-state index contributed by atoms with van der Waals surface area (Å²) in [5.41, 5.74) is 2.23. The zero-order chi connectivity index (χ0) is 21.0. The van der Waals surface area contributed by atoms with Crippen LogP contribution in [0.2, 0.25) is 0 Å². The molecule has 2 aliphatic rings. The van der Waals surface area contributed by atoms with Gasteiger partial charge in [0.05, 0.1) is 12.1 Å². The van der Waals surface area contributed by atoms with Crippen LogP contribution >= 0.6 is 0 Å². The Labute approximate surface area is 179 Å². The molecule has 1 amide bonds. The molecule has 5 heteroatoms. The van der Waals surface area contributed by atoms with Gasteiger partial charge in [-0.1, -0.05) is 60.7 Å². The van der Waals surface area contributed by atoms with E-state index in [0.717, 1.165) is 45.7 Å². The number of hydrogen-bond acceptors (Lipinski definition) is 4. The summed E-state index contributed by atoms with van der Waals surface area (Å²) in [5.74, 6) is 0.240. The smallest absolute Gasteiger partial charge is 0.222 e. The van der Waals surface area contributed by atoms with Crippen molar-refractivity contribution in [2.75, 3.05) is 39.3 Å². The van der Waals surface area contributed by atoms with E-state index in [1.54, 1.807) is 0 Å². The molecule has 4 rings (SSSR count). The summed E-state index contributed by atoms with van der Waals surface area (Å²) in [6.07, 6.45) is 1.35. The Kier molecular flexibility index (Phi) is 6.52. The van der Waals surface area contributed by atoms with Crippen LogP contribution in [0.1, 0.15) is 24.5 Å². The molecule has 2 aliphatic heterocycles. The molecule has 2 aromatic carbocycles. The topological polar surface area (TPSA) is 47.0 Å². The van der Waals surface area contributed by atoms with E-state index in [1.807, 2.05) is 29.2 Å². The number of carbonyl (C=O) groups is 1. The first-order valence-corrected chi connectivity index (χ1v) is 11.0. The fourth-order valence-corrected chi connectivity index (χ4v) is 5.04. The highest BCUT2D eigenvalue weighted by molar-refractivity contribution is 5.76. The van der Waals surface area contributed by atoms with Gasteiger partial charge in [0.25, 0.3) is 0 Å². The van der Waals surface area contributed by atoms with Gasteiger partial charge < -0.3 is 10.0 Å². The molecule has 0 radical (unpaired) electrons. The number of aryl methyl sites for hydroxylation is 1. The van der Waals surface area contributed by atoms with Gasteiger partial charge in [0.2, 0.25) is 5.91 Å². The standard InChI is InChI=1S/C25H33N3O2/c1-25(20-29)19-26(16-22-10-6-3-7-11-22)17-23-18-27(14-15-28(23)25)24(30)13-12-21-8-4-2-5-9-21/h2-11,23,29H,12-20H2,1H3. The molecule has 2 fully saturated rings. The van der Waals surface area contributed by atoms with Crippen molar-refractivity contribution >= 4 is 5.91 Å². The number of nitrogens with zero attached hydrogens (tertiary/aromatic N) is 3. The lowest BCUT2D eigenvalue weighted by atomic mass is 9.91. The van der Waals surface area contributed by atoms with Gasteiger partial charge >= 0.3 is 0 Å². The number of hydrogen-bond donors (Lipinski definition) is 1. The number of rotatable bonds is 6. The SMILES string of the molecule is CC1(CO)CN(Cc2ccccc2)CC2CN(C(=O)CCc3ccccc3)CCN21. The quantitative estimate of drug-likeness (QED) is 0.799. The second-order valence-electron chi connectivity index (χ2n) is 8.98. The zero-order valence-corrected chi connectivity index (χ0v) is 17.9. The zero-order valence-electron chi connectivity index (χ0n) is 17.9. The number of benzene rings is 2. The maximum absolute atomic E-state index is 12.9. The molecule has 160 valence electrons. The van der Waals surface area contributed by atoms with Crippen LogP contribution in [-0.2, 0) is 17.8 Å². The number of piperazine rings is 2. The van der Waals surface area contributed by atoms with E-state index in [0.29, 0.717) is 6.42 Å². The van der Waals surface area contributed by atoms with Crippen LogP contribution in [0.5, 0.6) is 0 Å². The van der Waals surface area contributed by atoms with Crippen molar-refractivity contribution in [3.63, 3.8) is 0 Å². The largest absolute Gasteiger partial charge is 0.394 e. The van der Waals surface area contributed by atoms with Crippen molar-refractivity contribution in [2.45, 2.75) is 37.9 Å². The molecular formula is C25H33N3O2. The van der Waals surface area contributed by atoms with Gasteiger partial charge in [-0.2, -0.15) is 0 Å². The number of aliphatic hydroxyl groups excluding tert-OH is 1. The van der Waals surface area contributed by atoms with Gasteiger partial charge in [-0.3, -0.25) is 14.6 Å². The highest BCUT2D eigenvalue weighted by Gasteiger charge is 2.45. The molecule has 0 spiro atoms. The van der Waals surface area contributed by atoms with E-state index in [2.05, 4.69) is 53.1 Å². The molecule has 2 heterocycles. The van der Waals surface area contributed by atoms with Gasteiger partial charge in [-0.05, 0) is 24.5 Å². The van der Waals surface area contributed by atoms with Gasteiger partial charge in [-0.15, -0.1) is 0 Å². The first-order chi connectivity index (χ1) is 14.6. The van der Waals surface area contributed by atoms with Crippen molar-refractivity contribution in [2.24, 2.45) is 0 Å². The van der Waals surface area contributed by atoms with Crippen LogP contribution in [0.4, 0.5) is 0 Å². The first-order valence-electron chi connectivity index (χ1n) is 11.0. The molecule has 2 unspecified atom stereocenters. The normalized spacial score (nSPS) is 25.1. The lowest BCUT2D eigenvalue weighted by Gasteiger charge is -2.56. The molecule has 0 aliphatic carbocycles. The maximum atomic E-state index is 12.9. The third-order valence-corrected chi connectivity index (χ3v) is 6.62. The second-order valence-corrected chi connectivity index (χ2v) is 8.98. The molecule has 30 heavy (non-hydrogen) atoms.